The maximum Gasteiger partial charge on any atom is 0.161 e. The minimum Gasteiger partial charge on any atom is -0.497 e. The van der Waals surface area contributed by atoms with Crippen LogP contribution in [-0.2, 0) is 15.6 Å². The number of hydrogen-bond donors (Lipinski definition) is 0. The van der Waals surface area contributed by atoms with E-state index in [1.165, 1.54) is 9.79 Å². The molecule has 0 aliphatic heterocycles. The van der Waals surface area contributed by atoms with Gasteiger partial charge in [0.15, 0.2) is 15.0 Å². The molecule has 0 aromatic heterocycles. The van der Waals surface area contributed by atoms with Crippen molar-refractivity contribution in [2.45, 2.75) is 21.5 Å². The Balaban J connectivity index is 1.95. The van der Waals surface area contributed by atoms with Crippen LogP contribution < -0.4 is 9.47 Å². The Morgan fingerprint density at radius 1 is 0.760 bits per heavy atom. The maximum absolute atomic E-state index is 5.34. The lowest BCUT2D eigenvalue weighted by molar-refractivity contribution is 0.304. The van der Waals surface area contributed by atoms with E-state index < -0.39 is 0 Å². The molecular formula is C21H23O3S+. The summed E-state index contributed by atoms with van der Waals surface area (Å²) in [6.45, 7) is 0. The van der Waals surface area contributed by atoms with Crippen molar-refractivity contribution in [1.82, 2.24) is 0 Å². The first-order valence-corrected chi connectivity index (χ1v) is 9.47. The van der Waals surface area contributed by atoms with Crippen LogP contribution in [0.15, 0.2) is 82.3 Å². The SMILES string of the molecule is COC1=CCC([S+](c2ccc(OC)cc2)c2ccc(OC)cc2)C=C1. The largest absolute Gasteiger partial charge is 0.497 e. The number of ether oxygens (including phenoxy) is 3. The van der Waals surface area contributed by atoms with Crippen molar-refractivity contribution in [1.29, 1.82) is 0 Å². The van der Waals surface area contributed by atoms with Gasteiger partial charge in [-0.2, -0.15) is 0 Å². The molecule has 2 aromatic rings. The molecule has 1 aliphatic carbocycles. The molecule has 0 radical (unpaired) electrons. The third-order valence-electron chi connectivity index (χ3n) is 4.19. The van der Waals surface area contributed by atoms with Crippen LogP contribution in [0, 0.1) is 0 Å². The van der Waals surface area contributed by atoms with E-state index in [-0.39, 0.29) is 10.9 Å². The van der Waals surface area contributed by atoms with Crippen LogP contribution in [0.2, 0.25) is 0 Å². The predicted molar refractivity (Wildman–Crippen MR) is 103 cm³/mol. The normalized spacial score (nSPS) is 16.5. The average Bonchev–Trinajstić information content (AvgIpc) is 2.70. The van der Waals surface area contributed by atoms with Gasteiger partial charge in [-0.1, -0.05) is 0 Å². The fraction of sp³-hybridized carbons (Fsp3) is 0.238. The second-order valence-corrected chi connectivity index (χ2v) is 7.86. The molecule has 0 bridgehead atoms. The van der Waals surface area contributed by atoms with E-state index >= 15 is 0 Å². The molecule has 0 heterocycles. The summed E-state index contributed by atoms with van der Waals surface area (Å²) in [5.41, 5.74) is 0. The average molecular weight is 355 g/mol. The smallest absolute Gasteiger partial charge is 0.161 e. The van der Waals surface area contributed by atoms with E-state index in [0.717, 1.165) is 23.7 Å². The highest BCUT2D eigenvalue weighted by molar-refractivity contribution is 7.97. The zero-order valence-corrected chi connectivity index (χ0v) is 15.6. The van der Waals surface area contributed by atoms with Gasteiger partial charge in [-0.15, -0.1) is 0 Å². The Morgan fingerprint density at radius 2 is 1.28 bits per heavy atom. The lowest BCUT2D eigenvalue weighted by Crippen LogP contribution is -2.21. The molecule has 0 fully saturated rings. The van der Waals surface area contributed by atoms with E-state index in [1.807, 2.05) is 24.3 Å². The lowest BCUT2D eigenvalue weighted by Gasteiger charge is -2.18. The Kier molecular flexibility index (Phi) is 5.71. The van der Waals surface area contributed by atoms with Crippen molar-refractivity contribution < 1.29 is 14.2 Å². The van der Waals surface area contributed by atoms with Crippen LogP contribution in [0.3, 0.4) is 0 Å². The highest BCUT2D eigenvalue weighted by atomic mass is 32.2. The van der Waals surface area contributed by atoms with Crippen molar-refractivity contribution in [2.24, 2.45) is 0 Å². The van der Waals surface area contributed by atoms with Crippen molar-refractivity contribution in [3.63, 3.8) is 0 Å². The second kappa shape index (κ2) is 8.17. The minimum absolute atomic E-state index is 0.0732. The monoisotopic (exact) mass is 355 g/mol. The van der Waals surface area contributed by atoms with Gasteiger partial charge in [-0.3, -0.25) is 0 Å². The van der Waals surface area contributed by atoms with Crippen molar-refractivity contribution in [3.8, 4) is 11.5 Å². The van der Waals surface area contributed by atoms with Gasteiger partial charge < -0.3 is 14.2 Å². The molecule has 1 unspecified atom stereocenters. The fourth-order valence-corrected chi connectivity index (χ4v) is 5.19. The van der Waals surface area contributed by atoms with Gasteiger partial charge in [0.2, 0.25) is 0 Å². The third-order valence-corrected chi connectivity index (χ3v) is 6.71. The summed E-state index contributed by atoms with van der Waals surface area (Å²) >= 11 is 0. The van der Waals surface area contributed by atoms with Gasteiger partial charge in [0.25, 0.3) is 0 Å². The van der Waals surface area contributed by atoms with Gasteiger partial charge in [0.05, 0.1) is 32.2 Å². The predicted octanol–water partition coefficient (Wildman–Crippen LogP) is 4.60. The van der Waals surface area contributed by atoms with E-state index in [2.05, 4.69) is 42.5 Å². The van der Waals surface area contributed by atoms with Gasteiger partial charge in [-0.25, -0.2) is 0 Å². The molecule has 3 rings (SSSR count). The molecule has 0 saturated heterocycles. The van der Waals surface area contributed by atoms with Gasteiger partial charge in [0, 0.05) is 6.42 Å². The van der Waals surface area contributed by atoms with E-state index in [9.17, 15) is 0 Å². The van der Waals surface area contributed by atoms with Crippen molar-refractivity contribution >= 4 is 10.9 Å². The number of rotatable bonds is 6. The molecule has 0 N–H and O–H groups in total. The summed E-state index contributed by atoms with van der Waals surface area (Å²) in [6, 6.07) is 16.8. The molecule has 2 aromatic carbocycles. The summed E-state index contributed by atoms with van der Waals surface area (Å²) in [5.74, 6) is 2.69. The molecular weight excluding hydrogens is 332 g/mol. The molecule has 25 heavy (non-hydrogen) atoms. The van der Waals surface area contributed by atoms with E-state index in [0.29, 0.717) is 5.25 Å². The van der Waals surface area contributed by atoms with Gasteiger partial charge in [-0.05, 0) is 66.8 Å². The quantitative estimate of drug-likeness (QED) is 0.709. The summed E-state index contributed by atoms with van der Waals surface area (Å²) < 4.78 is 15.9. The summed E-state index contributed by atoms with van der Waals surface area (Å²) in [7, 11) is 5.03. The Bertz CT molecular complexity index is 700. The highest BCUT2D eigenvalue weighted by Crippen LogP contribution is 2.34. The number of allylic oxidation sites excluding steroid dienone is 2. The summed E-state index contributed by atoms with van der Waals surface area (Å²) in [5, 5.41) is 0.403. The lowest BCUT2D eigenvalue weighted by atomic mass is 10.2. The molecule has 4 heteroatoms. The van der Waals surface area contributed by atoms with Crippen LogP contribution in [0.25, 0.3) is 0 Å². The molecule has 1 atom stereocenters. The molecule has 0 spiro atoms. The van der Waals surface area contributed by atoms with Gasteiger partial charge >= 0.3 is 0 Å². The van der Waals surface area contributed by atoms with E-state index in [1.54, 1.807) is 21.3 Å². The maximum atomic E-state index is 5.34. The van der Waals surface area contributed by atoms with Crippen LogP contribution in [0.1, 0.15) is 6.42 Å². The van der Waals surface area contributed by atoms with Crippen LogP contribution in [0.4, 0.5) is 0 Å². The first-order chi connectivity index (χ1) is 12.2. The Hall–Kier alpha value is -2.33. The third kappa shape index (κ3) is 4.02. The zero-order valence-electron chi connectivity index (χ0n) is 14.8. The highest BCUT2D eigenvalue weighted by Gasteiger charge is 2.34. The standard InChI is InChI=1S/C21H23O3S/c1-22-16-4-10-19(11-5-16)25(20-12-6-17(23-2)7-13-20)21-14-8-18(24-3)9-15-21/h4-14,21H,15H2,1-3H3/q+1. The van der Waals surface area contributed by atoms with Crippen LogP contribution in [-0.4, -0.2) is 26.6 Å². The number of methoxy groups -OCH3 is 3. The molecule has 130 valence electrons. The molecule has 3 nitrogen and oxygen atoms in total. The van der Waals surface area contributed by atoms with Crippen molar-refractivity contribution in [3.05, 3.63) is 72.5 Å². The molecule has 0 amide bonds. The molecule has 1 aliphatic rings. The van der Waals surface area contributed by atoms with Crippen molar-refractivity contribution in [2.75, 3.05) is 21.3 Å². The molecule has 0 saturated carbocycles. The fourth-order valence-electron chi connectivity index (χ4n) is 2.84. The summed E-state index contributed by atoms with van der Waals surface area (Å²) in [4.78, 5) is 2.60. The Labute approximate surface area is 152 Å². The zero-order chi connectivity index (χ0) is 17.6. The first kappa shape index (κ1) is 17.5. The van der Waals surface area contributed by atoms with Crippen LogP contribution >= 0.6 is 0 Å². The minimum atomic E-state index is -0.0732. The van der Waals surface area contributed by atoms with Gasteiger partial charge in [0.1, 0.15) is 17.3 Å². The number of benzene rings is 2. The first-order valence-electron chi connectivity index (χ1n) is 8.18. The second-order valence-electron chi connectivity index (χ2n) is 5.63. The van der Waals surface area contributed by atoms with E-state index in [4.69, 9.17) is 14.2 Å². The Morgan fingerprint density at radius 3 is 1.64 bits per heavy atom. The number of hydrogen-bond acceptors (Lipinski definition) is 3. The van der Waals surface area contributed by atoms with Crippen LogP contribution in [0.5, 0.6) is 11.5 Å². The topological polar surface area (TPSA) is 27.7 Å². The summed E-state index contributed by atoms with van der Waals surface area (Å²) in [6.07, 6.45) is 7.45.